The van der Waals surface area contributed by atoms with E-state index in [1.807, 2.05) is 6.07 Å². The number of nitrogens with zero attached hydrogens (tertiary/aromatic N) is 1. The normalized spacial score (nSPS) is 10.6. The summed E-state index contributed by atoms with van der Waals surface area (Å²) in [6.07, 6.45) is 2.74. The predicted molar refractivity (Wildman–Crippen MR) is 83.2 cm³/mol. The number of hydrogen-bond donors (Lipinski definition) is 2. The Hall–Kier alpha value is -1.79. The molecule has 2 N–H and O–H groups in total. The van der Waals surface area contributed by atoms with Crippen molar-refractivity contribution in [3.63, 3.8) is 0 Å². The number of rotatable bonds is 6. The number of halogens is 1. The number of amides is 1. The summed E-state index contributed by atoms with van der Waals surface area (Å²) in [5.41, 5.74) is 1.54. The molecule has 6 heteroatoms. The van der Waals surface area contributed by atoms with E-state index in [-0.39, 0.29) is 11.7 Å². The lowest BCUT2D eigenvalue weighted by molar-refractivity contribution is -0.116. The molecule has 1 heterocycles. The van der Waals surface area contributed by atoms with Crippen molar-refractivity contribution in [2.75, 3.05) is 18.9 Å². The molecule has 1 aromatic carbocycles. The van der Waals surface area contributed by atoms with Gasteiger partial charge in [-0.2, -0.15) is 0 Å². The Kier molecular flexibility index (Phi) is 5.41. The van der Waals surface area contributed by atoms with E-state index in [1.54, 1.807) is 32.3 Å². The van der Waals surface area contributed by atoms with E-state index >= 15 is 0 Å². The minimum atomic E-state index is -0.197. The first kappa shape index (κ1) is 15.6. The van der Waals surface area contributed by atoms with Crippen LogP contribution in [0.4, 0.5) is 9.52 Å². The quantitative estimate of drug-likeness (QED) is 0.863. The van der Waals surface area contributed by atoms with Crippen LogP contribution < -0.4 is 10.6 Å². The molecule has 0 bridgehead atoms. The van der Waals surface area contributed by atoms with Gasteiger partial charge >= 0.3 is 0 Å². The third kappa shape index (κ3) is 4.61. The topological polar surface area (TPSA) is 54.0 Å². The molecule has 0 radical (unpaired) electrons. The molecule has 1 amide bonds. The summed E-state index contributed by atoms with van der Waals surface area (Å²) in [4.78, 5) is 16.7. The Morgan fingerprint density at radius 1 is 1.43 bits per heavy atom. The first-order valence-electron chi connectivity index (χ1n) is 6.72. The monoisotopic (exact) mass is 307 g/mol. The van der Waals surface area contributed by atoms with E-state index in [4.69, 9.17) is 0 Å². The fourth-order valence-electron chi connectivity index (χ4n) is 1.81. The molecule has 0 unspecified atom stereocenters. The predicted octanol–water partition coefficient (Wildman–Crippen LogP) is 2.73. The maximum Gasteiger partial charge on any atom is 0.227 e. The molecule has 0 saturated heterocycles. The number of carbonyl (C=O) groups excluding carboxylic acids is 1. The molecule has 0 atom stereocenters. The van der Waals surface area contributed by atoms with Gasteiger partial charge in [0.2, 0.25) is 5.91 Å². The smallest absolute Gasteiger partial charge is 0.227 e. The Labute approximate surface area is 127 Å². The van der Waals surface area contributed by atoms with Crippen LogP contribution in [-0.4, -0.2) is 24.5 Å². The molecule has 1 aromatic heterocycles. The van der Waals surface area contributed by atoms with Crippen molar-refractivity contribution in [3.05, 3.63) is 46.2 Å². The molecule has 0 spiro atoms. The summed E-state index contributed by atoms with van der Waals surface area (Å²) >= 11 is 1.41. The zero-order valence-electron chi connectivity index (χ0n) is 12.1. The zero-order chi connectivity index (χ0) is 15.2. The van der Waals surface area contributed by atoms with Crippen molar-refractivity contribution >= 4 is 22.4 Å². The first-order valence-corrected chi connectivity index (χ1v) is 7.54. The lowest BCUT2D eigenvalue weighted by Gasteiger charge is -2.01. The molecule has 4 nitrogen and oxygen atoms in total. The van der Waals surface area contributed by atoms with Gasteiger partial charge in [-0.15, -0.1) is 11.3 Å². The van der Waals surface area contributed by atoms with E-state index in [0.29, 0.717) is 30.1 Å². The molecule has 2 aromatic rings. The van der Waals surface area contributed by atoms with Crippen LogP contribution in [0.1, 0.15) is 22.4 Å². The molecule has 0 saturated carbocycles. The van der Waals surface area contributed by atoms with Crippen molar-refractivity contribution in [1.82, 2.24) is 10.3 Å². The van der Waals surface area contributed by atoms with Gasteiger partial charge in [0, 0.05) is 30.5 Å². The molecule has 112 valence electrons. The number of carbonyl (C=O) groups is 1. The highest BCUT2D eigenvalue weighted by atomic mass is 32.1. The van der Waals surface area contributed by atoms with E-state index in [9.17, 15) is 9.18 Å². The van der Waals surface area contributed by atoms with Gasteiger partial charge < -0.3 is 10.6 Å². The minimum absolute atomic E-state index is 0.0633. The molecule has 21 heavy (non-hydrogen) atoms. The molecule has 0 aliphatic carbocycles. The van der Waals surface area contributed by atoms with E-state index in [1.165, 1.54) is 11.3 Å². The SMILES string of the molecule is CNCCC(=O)Nc1ncc(Cc2ccc(C)c(F)c2)s1. The largest absolute Gasteiger partial charge is 0.319 e. The fourth-order valence-corrected chi connectivity index (χ4v) is 2.68. The van der Waals surface area contributed by atoms with Crippen LogP contribution in [0.3, 0.4) is 0 Å². The molecular weight excluding hydrogens is 289 g/mol. The third-order valence-corrected chi connectivity index (χ3v) is 3.93. The van der Waals surface area contributed by atoms with Crippen molar-refractivity contribution < 1.29 is 9.18 Å². The van der Waals surface area contributed by atoms with Crippen molar-refractivity contribution in [3.8, 4) is 0 Å². The highest BCUT2D eigenvalue weighted by Crippen LogP contribution is 2.22. The van der Waals surface area contributed by atoms with Crippen LogP contribution in [0.2, 0.25) is 0 Å². The summed E-state index contributed by atoms with van der Waals surface area (Å²) in [6.45, 7) is 2.37. The van der Waals surface area contributed by atoms with Gasteiger partial charge in [0.25, 0.3) is 0 Å². The second kappa shape index (κ2) is 7.28. The number of aryl methyl sites for hydroxylation is 1. The Bertz CT molecular complexity index is 627. The highest BCUT2D eigenvalue weighted by molar-refractivity contribution is 7.15. The summed E-state index contributed by atoms with van der Waals surface area (Å²) in [5.74, 6) is -0.260. The van der Waals surface area contributed by atoms with Crippen molar-refractivity contribution in [2.45, 2.75) is 19.8 Å². The van der Waals surface area contributed by atoms with E-state index in [0.717, 1.165) is 10.4 Å². The third-order valence-electron chi connectivity index (χ3n) is 3.02. The number of aromatic nitrogens is 1. The molecule has 0 aliphatic rings. The van der Waals surface area contributed by atoms with Crippen LogP contribution in [0.15, 0.2) is 24.4 Å². The number of benzene rings is 1. The molecular formula is C15H18FN3OS. The summed E-state index contributed by atoms with van der Waals surface area (Å²) in [5, 5.41) is 6.26. The number of thiazole rings is 1. The van der Waals surface area contributed by atoms with E-state index in [2.05, 4.69) is 15.6 Å². The zero-order valence-corrected chi connectivity index (χ0v) is 12.9. The van der Waals surface area contributed by atoms with Crippen molar-refractivity contribution in [1.29, 1.82) is 0 Å². The van der Waals surface area contributed by atoms with Gasteiger partial charge in [-0.1, -0.05) is 12.1 Å². The van der Waals surface area contributed by atoms with Gasteiger partial charge in [-0.3, -0.25) is 4.79 Å². The maximum atomic E-state index is 13.5. The number of anilines is 1. The molecule has 0 aliphatic heterocycles. The van der Waals surface area contributed by atoms with Gasteiger partial charge in [0.1, 0.15) is 5.82 Å². The second-order valence-electron chi connectivity index (χ2n) is 4.79. The first-order chi connectivity index (χ1) is 10.1. The van der Waals surface area contributed by atoms with Crippen LogP contribution in [0.25, 0.3) is 0 Å². The van der Waals surface area contributed by atoms with Crippen LogP contribution in [0, 0.1) is 12.7 Å². The fraction of sp³-hybridized carbons (Fsp3) is 0.333. The summed E-state index contributed by atoms with van der Waals surface area (Å²) < 4.78 is 13.5. The maximum absolute atomic E-state index is 13.5. The minimum Gasteiger partial charge on any atom is -0.319 e. The van der Waals surface area contributed by atoms with Gasteiger partial charge in [0.05, 0.1) is 0 Å². The Balaban J connectivity index is 1.96. The standard InChI is InChI=1S/C15H18FN3OS/c1-10-3-4-11(8-13(10)16)7-12-9-18-15(21-12)19-14(20)5-6-17-2/h3-4,8-9,17H,5-7H2,1-2H3,(H,18,19,20). The molecule has 2 rings (SSSR count). The Morgan fingerprint density at radius 3 is 2.95 bits per heavy atom. The average Bonchev–Trinajstić information content (AvgIpc) is 2.88. The number of nitrogens with one attached hydrogen (secondary N) is 2. The lowest BCUT2D eigenvalue weighted by Crippen LogP contribution is -2.18. The van der Waals surface area contributed by atoms with Crippen molar-refractivity contribution in [2.24, 2.45) is 0 Å². The van der Waals surface area contributed by atoms with Crippen LogP contribution in [-0.2, 0) is 11.2 Å². The average molecular weight is 307 g/mol. The highest BCUT2D eigenvalue weighted by Gasteiger charge is 2.08. The van der Waals surface area contributed by atoms with Crippen LogP contribution >= 0.6 is 11.3 Å². The summed E-state index contributed by atoms with van der Waals surface area (Å²) in [6, 6.07) is 5.22. The van der Waals surface area contributed by atoms with Gasteiger partial charge in [0.15, 0.2) is 5.13 Å². The lowest BCUT2D eigenvalue weighted by atomic mass is 10.1. The number of hydrogen-bond acceptors (Lipinski definition) is 4. The summed E-state index contributed by atoms with van der Waals surface area (Å²) in [7, 11) is 1.80. The van der Waals surface area contributed by atoms with Gasteiger partial charge in [-0.05, 0) is 31.2 Å². The second-order valence-corrected chi connectivity index (χ2v) is 5.91. The van der Waals surface area contributed by atoms with Gasteiger partial charge in [-0.25, -0.2) is 9.37 Å². The van der Waals surface area contributed by atoms with Crippen LogP contribution in [0.5, 0.6) is 0 Å². The Morgan fingerprint density at radius 2 is 2.24 bits per heavy atom. The van der Waals surface area contributed by atoms with E-state index < -0.39 is 0 Å². The molecule has 0 fully saturated rings.